The lowest BCUT2D eigenvalue weighted by Gasteiger charge is -1.97. The predicted molar refractivity (Wildman–Crippen MR) is 29.1 cm³/mol. The molecule has 0 spiro atoms. The van der Waals surface area contributed by atoms with Crippen molar-refractivity contribution >= 4 is 16.3 Å². The molecule has 0 aliphatic rings. The number of carboxylic acid groups (broad SMARTS) is 1. The summed E-state index contributed by atoms with van der Waals surface area (Å²) in [5.41, 5.74) is 0. The van der Waals surface area contributed by atoms with Crippen molar-refractivity contribution in [3.05, 3.63) is 0 Å². The summed E-state index contributed by atoms with van der Waals surface area (Å²) >= 11 is 0. The van der Waals surface area contributed by atoms with E-state index in [1.165, 1.54) is 4.72 Å². The van der Waals surface area contributed by atoms with E-state index in [9.17, 15) is 13.2 Å². The highest BCUT2D eigenvalue weighted by molar-refractivity contribution is 7.88. The van der Waals surface area contributed by atoms with E-state index in [1.54, 1.807) is 4.72 Å². The van der Waals surface area contributed by atoms with Gasteiger partial charge in [-0.05, 0) is 0 Å². The van der Waals surface area contributed by atoms with Gasteiger partial charge in [0, 0.05) is 7.05 Å². The maximum atomic E-state index is 10.2. The van der Waals surface area contributed by atoms with Crippen LogP contribution in [0.3, 0.4) is 0 Å². The zero-order valence-electron chi connectivity index (χ0n) is 4.58. The molecule has 0 heterocycles. The number of rotatable bonds is 2. The van der Waals surface area contributed by atoms with Gasteiger partial charge in [-0.25, -0.2) is 14.2 Å². The molecule has 9 heavy (non-hydrogen) atoms. The van der Waals surface area contributed by atoms with Gasteiger partial charge in [-0.1, -0.05) is 0 Å². The smallest absolute Gasteiger partial charge is 0.419 e. The first-order chi connectivity index (χ1) is 3.98. The van der Waals surface area contributed by atoms with Crippen molar-refractivity contribution in [3.8, 4) is 0 Å². The fourth-order valence-electron chi connectivity index (χ4n) is 0.166. The van der Waals surface area contributed by atoms with E-state index in [-0.39, 0.29) is 0 Å². The van der Waals surface area contributed by atoms with Crippen molar-refractivity contribution < 1.29 is 18.3 Å². The highest BCUT2D eigenvalue weighted by atomic mass is 32.2. The molecule has 0 saturated carbocycles. The molecule has 0 aromatic carbocycles. The van der Waals surface area contributed by atoms with E-state index in [4.69, 9.17) is 5.11 Å². The lowest BCUT2D eigenvalue weighted by molar-refractivity contribution is 0.201. The number of nitrogens with one attached hydrogen (secondary N) is 2. The second-order valence-electron chi connectivity index (χ2n) is 1.11. The lowest BCUT2D eigenvalue weighted by Crippen LogP contribution is -2.37. The van der Waals surface area contributed by atoms with Crippen LogP contribution in [0.1, 0.15) is 0 Å². The normalized spacial score (nSPS) is 10.8. The molecule has 3 N–H and O–H groups in total. The summed E-state index contributed by atoms with van der Waals surface area (Å²) in [4.78, 5) is 9.64. The number of amides is 1. The highest BCUT2D eigenvalue weighted by Gasteiger charge is 2.07. The Morgan fingerprint density at radius 1 is 1.56 bits per heavy atom. The molecule has 0 aliphatic heterocycles. The summed E-state index contributed by atoms with van der Waals surface area (Å²) in [6.45, 7) is 0. The fourth-order valence-corrected chi connectivity index (χ4v) is 0.498. The van der Waals surface area contributed by atoms with Crippen molar-refractivity contribution in [2.24, 2.45) is 0 Å². The van der Waals surface area contributed by atoms with E-state index in [0.717, 1.165) is 7.05 Å². The van der Waals surface area contributed by atoms with Crippen LogP contribution in [0.25, 0.3) is 0 Å². The lowest BCUT2D eigenvalue weighted by atomic mass is 11.3. The van der Waals surface area contributed by atoms with Gasteiger partial charge in [-0.15, -0.1) is 0 Å². The second-order valence-corrected chi connectivity index (χ2v) is 2.73. The Morgan fingerprint density at radius 3 is 2.11 bits per heavy atom. The quantitative estimate of drug-likeness (QED) is 0.461. The summed E-state index contributed by atoms with van der Waals surface area (Å²) in [6, 6.07) is 0. The van der Waals surface area contributed by atoms with E-state index in [0.29, 0.717) is 0 Å². The van der Waals surface area contributed by atoms with Crippen LogP contribution in [-0.4, -0.2) is 26.7 Å². The van der Waals surface area contributed by atoms with Crippen LogP contribution in [0.2, 0.25) is 0 Å². The van der Waals surface area contributed by atoms with Gasteiger partial charge in [0.25, 0.3) is 0 Å². The van der Waals surface area contributed by atoms with Crippen LogP contribution in [0.4, 0.5) is 4.79 Å². The molecule has 0 bridgehead atoms. The van der Waals surface area contributed by atoms with Crippen LogP contribution in [0.5, 0.6) is 0 Å². The largest absolute Gasteiger partial charge is 0.464 e. The van der Waals surface area contributed by atoms with Gasteiger partial charge in [-0.2, -0.15) is 8.42 Å². The average Bonchev–Trinajstić information content (AvgIpc) is 1.63. The first-order valence-electron chi connectivity index (χ1n) is 1.92. The third-order valence-corrected chi connectivity index (χ3v) is 1.47. The van der Waals surface area contributed by atoms with Gasteiger partial charge in [0.1, 0.15) is 0 Å². The Bertz CT molecular complexity index is 195. The minimum atomic E-state index is -3.82. The topological polar surface area (TPSA) is 95.5 Å². The third-order valence-electron chi connectivity index (χ3n) is 0.490. The molecular formula is C2H6N2O4S. The summed E-state index contributed by atoms with van der Waals surface area (Å²) in [6.07, 6.45) is -1.61. The van der Waals surface area contributed by atoms with Crippen LogP contribution in [0.15, 0.2) is 0 Å². The molecule has 0 saturated heterocycles. The molecule has 6 nitrogen and oxygen atoms in total. The Labute approximate surface area is 52.1 Å². The van der Waals surface area contributed by atoms with Crippen LogP contribution < -0.4 is 9.44 Å². The van der Waals surface area contributed by atoms with Crippen LogP contribution in [0, 0.1) is 0 Å². The number of carbonyl (C=O) groups is 1. The van der Waals surface area contributed by atoms with Crippen LogP contribution in [-0.2, 0) is 10.2 Å². The zero-order valence-corrected chi connectivity index (χ0v) is 5.40. The standard InChI is InChI=1S/C2H6N2O4S/c1-3-9(7,8)4-2(5)6/h3-4H,1H3,(H,5,6). The molecule has 0 atom stereocenters. The SMILES string of the molecule is CNS(=O)(=O)NC(=O)O. The molecule has 0 aliphatic carbocycles. The summed E-state index contributed by atoms with van der Waals surface area (Å²) in [7, 11) is -2.72. The molecule has 0 aromatic rings. The van der Waals surface area contributed by atoms with Crippen LogP contribution >= 0.6 is 0 Å². The molecule has 7 heteroatoms. The van der Waals surface area contributed by atoms with Gasteiger partial charge in [0.2, 0.25) is 0 Å². The number of hydrogen-bond acceptors (Lipinski definition) is 3. The van der Waals surface area contributed by atoms with Gasteiger partial charge in [-0.3, -0.25) is 0 Å². The summed E-state index contributed by atoms with van der Waals surface area (Å²) in [5, 5.41) is 7.85. The fraction of sp³-hybridized carbons (Fsp3) is 0.500. The van der Waals surface area contributed by atoms with E-state index >= 15 is 0 Å². The molecule has 1 amide bonds. The minimum absolute atomic E-state index is 1.10. The Morgan fingerprint density at radius 2 is 2.00 bits per heavy atom. The van der Waals surface area contributed by atoms with Crippen molar-refractivity contribution in [2.45, 2.75) is 0 Å². The molecule has 54 valence electrons. The van der Waals surface area contributed by atoms with Crippen molar-refractivity contribution in [1.82, 2.24) is 9.44 Å². The van der Waals surface area contributed by atoms with E-state index in [1.807, 2.05) is 0 Å². The third kappa shape index (κ3) is 3.74. The average molecular weight is 154 g/mol. The molecule has 0 fully saturated rings. The Balaban J connectivity index is 4.06. The highest BCUT2D eigenvalue weighted by Crippen LogP contribution is 1.70. The zero-order chi connectivity index (χ0) is 7.49. The monoisotopic (exact) mass is 154 g/mol. The van der Waals surface area contributed by atoms with Crippen molar-refractivity contribution in [2.75, 3.05) is 7.05 Å². The van der Waals surface area contributed by atoms with Crippen molar-refractivity contribution in [1.29, 1.82) is 0 Å². The molecule has 0 aromatic heterocycles. The Kier molecular flexibility index (Phi) is 2.41. The van der Waals surface area contributed by atoms with E-state index in [2.05, 4.69) is 0 Å². The van der Waals surface area contributed by atoms with Gasteiger partial charge in [0.05, 0.1) is 0 Å². The minimum Gasteiger partial charge on any atom is -0.464 e. The summed E-state index contributed by atoms with van der Waals surface area (Å²) in [5.74, 6) is 0. The Hall–Kier alpha value is -0.820. The van der Waals surface area contributed by atoms with Gasteiger partial charge in [0.15, 0.2) is 0 Å². The number of hydrogen-bond donors (Lipinski definition) is 3. The molecule has 0 radical (unpaired) electrons. The summed E-state index contributed by atoms with van der Waals surface area (Å²) < 4.78 is 23.4. The van der Waals surface area contributed by atoms with Gasteiger partial charge < -0.3 is 5.11 Å². The molecule has 0 unspecified atom stereocenters. The first kappa shape index (κ1) is 8.18. The predicted octanol–water partition coefficient (Wildman–Crippen LogP) is -1.28. The van der Waals surface area contributed by atoms with E-state index < -0.39 is 16.3 Å². The second kappa shape index (κ2) is 2.65. The maximum absolute atomic E-state index is 10.2. The maximum Gasteiger partial charge on any atom is 0.419 e. The molecular weight excluding hydrogens is 148 g/mol. The van der Waals surface area contributed by atoms with Gasteiger partial charge >= 0.3 is 16.3 Å². The first-order valence-corrected chi connectivity index (χ1v) is 3.40. The van der Waals surface area contributed by atoms with Crippen molar-refractivity contribution in [3.63, 3.8) is 0 Å². The molecule has 0 rings (SSSR count).